The molecule has 0 heterocycles. The molecule has 7 nitrogen and oxygen atoms in total. The Morgan fingerprint density at radius 1 is 1.35 bits per heavy atom. The first-order chi connectivity index (χ1) is 10.6. The number of hydrogen-bond donors (Lipinski definition) is 2. The van der Waals surface area contributed by atoms with Crippen molar-refractivity contribution >= 4 is 29.1 Å². The molecular formula is C15H20ClN3O4. The predicted octanol–water partition coefficient (Wildman–Crippen LogP) is 3.72. The second-order valence-electron chi connectivity index (χ2n) is 6.57. The van der Waals surface area contributed by atoms with Gasteiger partial charge in [-0.1, -0.05) is 11.6 Å². The van der Waals surface area contributed by atoms with Gasteiger partial charge in [0.05, 0.1) is 4.92 Å². The van der Waals surface area contributed by atoms with Crippen LogP contribution in [0.3, 0.4) is 0 Å². The molecule has 1 aromatic carbocycles. The number of carbonyl (C=O) groups is 1. The first-order valence-electron chi connectivity index (χ1n) is 7.34. The minimum atomic E-state index is -0.535. The van der Waals surface area contributed by atoms with Gasteiger partial charge in [-0.2, -0.15) is 0 Å². The van der Waals surface area contributed by atoms with Crippen LogP contribution in [-0.4, -0.2) is 28.7 Å². The number of nitrogens with zero attached hydrogens (tertiary/aromatic N) is 1. The maximum absolute atomic E-state index is 11.7. The summed E-state index contributed by atoms with van der Waals surface area (Å²) in [6.07, 6.45) is 0.890. The van der Waals surface area contributed by atoms with Crippen molar-refractivity contribution in [3.05, 3.63) is 33.3 Å². The van der Waals surface area contributed by atoms with Crippen molar-refractivity contribution in [3.63, 3.8) is 0 Å². The molecule has 1 aliphatic rings. The Kier molecular flexibility index (Phi) is 4.99. The standard InChI is InChI=1S/C15H20ClN3O4/c1-15(2,3)23-14(20)18-11-7-10(8-11)17-12-6-9(16)4-5-13(12)19(21)22/h4-6,10-11,17H,7-8H2,1-3H3,(H,18,20). The molecule has 2 N–H and O–H groups in total. The third-order valence-corrected chi connectivity index (χ3v) is 3.61. The molecule has 8 heteroatoms. The van der Waals surface area contributed by atoms with Gasteiger partial charge in [-0.25, -0.2) is 4.79 Å². The summed E-state index contributed by atoms with van der Waals surface area (Å²) in [6.45, 7) is 5.40. The lowest BCUT2D eigenvalue weighted by molar-refractivity contribution is -0.384. The van der Waals surface area contributed by atoms with E-state index in [0.29, 0.717) is 23.6 Å². The molecule has 0 saturated heterocycles. The normalized spacial score (nSPS) is 20.3. The largest absolute Gasteiger partial charge is 0.444 e. The predicted molar refractivity (Wildman–Crippen MR) is 87.9 cm³/mol. The van der Waals surface area contributed by atoms with Crippen LogP contribution in [0.15, 0.2) is 18.2 Å². The summed E-state index contributed by atoms with van der Waals surface area (Å²) in [5.41, 5.74) is -0.159. The van der Waals surface area contributed by atoms with E-state index in [9.17, 15) is 14.9 Å². The number of carbonyl (C=O) groups excluding carboxylic acids is 1. The Morgan fingerprint density at radius 2 is 2.00 bits per heavy atom. The lowest BCUT2D eigenvalue weighted by Gasteiger charge is -2.37. The van der Waals surface area contributed by atoms with Crippen LogP contribution in [0, 0.1) is 10.1 Å². The number of ether oxygens (including phenoxy) is 1. The molecule has 2 rings (SSSR count). The molecule has 126 valence electrons. The van der Waals surface area contributed by atoms with Gasteiger partial charge in [0, 0.05) is 23.2 Å². The highest BCUT2D eigenvalue weighted by atomic mass is 35.5. The van der Waals surface area contributed by atoms with Crippen molar-refractivity contribution < 1.29 is 14.5 Å². The van der Waals surface area contributed by atoms with Crippen LogP contribution in [0.2, 0.25) is 5.02 Å². The van der Waals surface area contributed by atoms with Crippen LogP contribution in [0.4, 0.5) is 16.2 Å². The van der Waals surface area contributed by atoms with Crippen molar-refractivity contribution in [3.8, 4) is 0 Å². The zero-order chi connectivity index (χ0) is 17.2. The molecule has 0 aliphatic heterocycles. The summed E-state index contributed by atoms with van der Waals surface area (Å²) >= 11 is 5.89. The Balaban J connectivity index is 1.86. The van der Waals surface area contributed by atoms with Crippen molar-refractivity contribution in [1.29, 1.82) is 0 Å². The van der Waals surface area contributed by atoms with E-state index in [1.54, 1.807) is 20.8 Å². The fourth-order valence-electron chi connectivity index (χ4n) is 2.33. The fraction of sp³-hybridized carbons (Fsp3) is 0.533. The fourth-order valence-corrected chi connectivity index (χ4v) is 2.50. The summed E-state index contributed by atoms with van der Waals surface area (Å²) in [6, 6.07) is 4.44. The van der Waals surface area contributed by atoms with Gasteiger partial charge in [-0.15, -0.1) is 0 Å². The zero-order valence-corrected chi connectivity index (χ0v) is 14.0. The van der Waals surface area contributed by atoms with Crippen molar-refractivity contribution in [2.24, 2.45) is 0 Å². The van der Waals surface area contributed by atoms with Gasteiger partial charge >= 0.3 is 6.09 Å². The third-order valence-electron chi connectivity index (χ3n) is 3.37. The van der Waals surface area contributed by atoms with Gasteiger partial charge < -0.3 is 15.4 Å². The molecule has 0 spiro atoms. The van der Waals surface area contributed by atoms with Crippen LogP contribution in [0.1, 0.15) is 33.6 Å². The third kappa shape index (κ3) is 4.99. The van der Waals surface area contributed by atoms with Crippen LogP contribution in [0.25, 0.3) is 0 Å². The number of amides is 1. The number of halogens is 1. The number of anilines is 1. The number of nitro groups is 1. The van der Waals surface area contributed by atoms with Crippen LogP contribution in [-0.2, 0) is 4.74 Å². The summed E-state index contributed by atoms with van der Waals surface area (Å²) in [5.74, 6) is 0. The smallest absolute Gasteiger partial charge is 0.407 e. The zero-order valence-electron chi connectivity index (χ0n) is 13.3. The lowest BCUT2D eigenvalue weighted by atomic mass is 9.86. The van der Waals surface area contributed by atoms with E-state index >= 15 is 0 Å². The first kappa shape index (κ1) is 17.3. The topological polar surface area (TPSA) is 93.5 Å². The lowest BCUT2D eigenvalue weighted by Crippen LogP contribution is -2.50. The average Bonchev–Trinajstić information content (AvgIpc) is 2.33. The second kappa shape index (κ2) is 6.62. The number of nitrogens with one attached hydrogen (secondary N) is 2. The highest BCUT2D eigenvalue weighted by molar-refractivity contribution is 6.31. The maximum atomic E-state index is 11.7. The van der Waals surface area contributed by atoms with Gasteiger partial charge in [-0.05, 0) is 45.7 Å². The average molecular weight is 342 g/mol. The van der Waals surface area contributed by atoms with Crippen LogP contribution >= 0.6 is 11.6 Å². The van der Waals surface area contributed by atoms with E-state index in [1.165, 1.54) is 18.2 Å². The van der Waals surface area contributed by atoms with E-state index < -0.39 is 16.6 Å². The number of nitro benzene ring substituents is 1. The molecule has 1 amide bonds. The first-order valence-corrected chi connectivity index (χ1v) is 7.72. The van der Waals surface area contributed by atoms with E-state index in [4.69, 9.17) is 16.3 Å². The second-order valence-corrected chi connectivity index (χ2v) is 7.01. The minimum absolute atomic E-state index is 0.000547. The molecule has 0 bridgehead atoms. The molecule has 0 atom stereocenters. The van der Waals surface area contributed by atoms with E-state index in [0.717, 1.165) is 0 Å². The van der Waals surface area contributed by atoms with Gasteiger partial charge in [0.2, 0.25) is 0 Å². The molecule has 0 unspecified atom stereocenters. The SMILES string of the molecule is CC(C)(C)OC(=O)NC1CC(Nc2cc(Cl)ccc2[N+](=O)[O-])C1. The molecule has 0 radical (unpaired) electrons. The Hall–Kier alpha value is -2.02. The maximum Gasteiger partial charge on any atom is 0.407 e. The Bertz CT molecular complexity index is 609. The highest BCUT2D eigenvalue weighted by Crippen LogP contribution is 2.32. The molecule has 1 saturated carbocycles. The Labute approximate surface area is 139 Å². The molecule has 1 fully saturated rings. The van der Waals surface area contributed by atoms with Gasteiger partial charge in [0.15, 0.2) is 0 Å². The molecule has 1 aliphatic carbocycles. The Morgan fingerprint density at radius 3 is 2.57 bits per heavy atom. The quantitative estimate of drug-likeness (QED) is 0.643. The minimum Gasteiger partial charge on any atom is -0.444 e. The summed E-state index contributed by atoms with van der Waals surface area (Å²) < 4.78 is 5.19. The van der Waals surface area contributed by atoms with Gasteiger partial charge in [0.25, 0.3) is 5.69 Å². The summed E-state index contributed by atoms with van der Waals surface area (Å²) in [5, 5.41) is 17.3. The molecular weight excluding hydrogens is 322 g/mol. The van der Waals surface area contributed by atoms with E-state index in [2.05, 4.69) is 10.6 Å². The number of benzene rings is 1. The number of hydrogen-bond acceptors (Lipinski definition) is 5. The van der Waals surface area contributed by atoms with Crippen molar-refractivity contribution in [1.82, 2.24) is 5.32 Å². The van der Waals surface area contributed by atoms with Gasteiger partial charge in [-0.3, -0.25) is 10.1 Å². The monoisotopic (exact) mass is 341 g/mol. The van der Waals surface area contributed by atoms with E-state index in [1.807, 2.05) is 0 Å². The molecule has 1 aromatic rings. The molecule has 0 aromatic heterocycles. The van der Waals surface area contributed by atoms with Crippen molar-refractivity contribution in [2.75, 3.05) is 5.32 Å². The summed E-state index contributed by atoms with van der Waals surface area (Å²) in [7, 11) is 0. The van der Waals surface area contributed by atoms with E-state index in [-0.39, 0.29) is 17.8 Å². The summed E-state index contributed by atoms with van der Waals surface area (Å²) in [4.78, 5) is 22.2. The van der Waals surface area contributed by atoms with Crippen molar-refractivity contribution in [2.45, 2.75) is 51.3 Å². The number of rotatable bonds is 4. The highest BCUT2D eigenvalue weighted by Gasteiger charge is 2.32. The van der Waals surface area contributed by atoms with Gasteiger partial charge in [0.1, 0.15) is 11.3 Å². The van der Waals surface area contributed by atoms with Crippen LogP contribution in [0.5, 0.6) is 0 Å². The number of alkyl carbamates (subject to hydrolysis) is 1. The van der Waals surface area contributed by atoms with Crippen LogP contribution < -0.4 is 10.6 Å². The molecule has 23 heavy (non-hydrogen) atoms.